The van der Waals surface area contributed by atoms with Crippen LogP contribution in [0.3, 0.4) is 0 Å². The van der Waals surface area contributed by atoms with Gasteiger partial charge in [-0.1, -0.05) is 24.3 Å². The molecular formula is C20H23F4N5O. The Kier molecular flexibility index (Phi) is 8.31. The lowest BCUT2D eigenvalue weighted by Gasteiger charge is -2.29. The summed E-state index contributed by atoms with van der Waals surface area (Å²) in [5.74, 6) is 3.20. The molecule has 1 aromatic heterocycles. The number of benzene rings is 1. The van der Waals surface area contributed by atoms with Crippen molar-refractivity contribution in [2.24, 2.45) is 16.8 Å². The van der Waals surface area contributed by atoms with Gasteiger partial charge in [0.05, 0.1) is 12.5 Å². The summed E-state index contributed by atoms with van der Waals surface area (Å²) in [7, 11) is 0. The number of hydrazine groups is 1. The first-order valence-electron chi connectivity index (χ1n) is 9.07. The molecule has 0 saturated carbocycles. The number of nitrogens with zero attached hydrogens (tertiary/aromatic N) is 3. The van der Waals surface area contributed by atoms with E-state index in [-0.39, 0.29) is 0 Å². The van der Waals surface area contributed by atoms with Crippen LogP contribution in [0.2, 0.25) is 0 Å². The van der Waals surface area contributed by atoms with Gasteiger partial charge in [0.25, 0.3) is 5.92 Å². The van der Waals surface area contributed by atoms with Crippen LogP contribution < -0.4 is 11.7 Å². The molecule has 0 bridgehead atoms. The molecule has 0 fully saturated rings. The van der Waals surface area contributed by atoms with Crippen molar-refractivity contribution >= 4 is 12.4 Å². The third-order valence-electron chi connectivity index (χ3n) is 4.24. The summed E-state index contributed by atoms with van der Waals surface area (Å²) in [6.45, 7) is 2.25. The van der Waals surface area contributed by atoms with Crippen molar-refractivity contribution in [3.63, 3.8) is 0 Å². The summed E-state index contributed by atoms with van der Waals surface area (Å²) in [4.78, 5) is 3.84. The van der Waals surface area contributed by atoms with Gasteiger partial charge in [-0.15, -0.1) is 0 Å². The van der Waals surface area contributed by atoms with Gasteiger partial charge in [0.15, 0.2) is 0 Å². The first-order valence-corrected chi connectivity index (χ1v) is 9.07. The molecule has 1 heterocycles. The molecule has 0 amide bonds. The minimum Gasteiger partial charge on any atom is -0.378 e. The fourth-order valence-electron chi connectivity index (χ4n) is 2.79. The van der Waals surface area contributed by atoms with Crippen LogP contribution in [-0.2, 0) is 10.7 Å². The number of halogens is 4. The summed E-state index contributed by atoms with van der Waals surface area (Å²) < 4.78 is 63.5. The lowest BCUT2D eigenvalue weighted by atomic mass is 9.89. The Balaban J connectivity index is 2.36. The van der Waals surface area contributed by atoms with Crippen LogP contribution in [0.4, 0.5) is 17.6 Å². The number of hydrogen-bond acceptors (Lipinski definition) is 5. The van der Waals surface area contributed by atoms with Crippen LogP contribution in [0.25, 0.3) is 6.08 Å². The number of rotatable bonds is 10. The summed E-state index contributed by atoms with van der Waals surface area (Å²) in [6.07, 6.45) is 5.60. The molecule has 6 nitrogen and oxygen atoms in total. The molecule has 0 aliphatic carbocycles. The lowest BCUT2D eigenvalue weighted by Crippen LogP contribution is -2.40. The molecule has 0 saturated heterocycles. The first kappa shape index (κ1) is 23.3. The van der Waals surface area contributed by atoms with Crippen LogP contribution in [0.1, 0.15) is 29.7 Å². The van der Waals surface area contributed by atoms with E-state index in [1.54, 1.807) is 12.2 Å². The lowest BCUT2D eigenvalue weighted by molar-refractivity contribution is -0.0443. The maximum atomic E-state index is 15.4. The Morgan fingerprint density at radius 1 is 1.27 bits per heavy atom. The van der Waals surface area contributed by atoms with Crippen LogP contribution in [-0.4, -0.2) is 36.1 Å². The highest BCUT2D eigenvalue weighted by Crippen LogP contribution is 2.42. The third-order valence-corrected chi connectivity index (χ3v) is 4.24. The van der Waals surface area contributed by atoms with Gasteiger partial charge in [0, 0.05) is 25.4 Å². The average Bonchev–Trinajstić information content (AvgIpc) is 2.70. The highest BCUT2D eigenvalue weighted by molar-refractivity contribution is 5.53. The number of ether oxygens (including phenoxy) is 1. The van der Waals surface area contributed by atoms with E-state index in [1.807, 2.05) is 6.92 Å². The second kappa shape index (κ2) is 10.7. The molecule has 0 aliphatic rings. The highest BCUT2D eigenvalue weighted by atomic mass is 19.3. The molecular weight excluding hydrogens is 402 g/mol. The average molecular weight is 425 g/mol. The van der Waals surface area contributed by atoms with Gasteiger partial charge in [-0.05, 0) is 30.2 Å². The van der Waals surface area contributed by atoms with E-state index in [4.69, 9.17) is 16.4 Å². The maximum Gasteiger partial charge on any atom is 0.298 e. The SMILES string of the molecule is CCOC/C=C\c1ccc(C(F)(F)C(CN(N)/C=N\N)c2ccc(F)cc2F)nc1. The molecule has 1 unspecified atom stereocenters. The van der Waals surface area contributed by atoms with Crippen LogP contribution in [0.15, 0.2) is 47.7 Å². The second-order valence-corrected chi connectivity index (χ2v) is 6.34. The molecule has 10 heteroatoms. The molecule has 30 heavy (non-hydrogen) atoms. The van der Waals surface area contributed by atoms with Gasteiger partial charge in [-0.2, -0.15) is 13.9 Å². The Morgan fingerprint density at radius 3 is 2.63 bits per heavy atom. The fraction of sp³-hybridized carbons (Fsp3) is 0.300. The Hall–Kier alpha value is -2.98. The van der Waals surface area contributed by atoms with Crippen molar-refractivity contribution in [3.05, 3.63) is 71.1 Å². The summed E-state index contributed by atoms with van der Waals surface area (Å²) in [5.41, 5.74) is -0.407. The molecule has 2 aromatic rings. The van der Waals surface area contributed by atoms with Crippen molar-refractivity contribution in [1.29, 1.82) is 0 Å². The van der Waals surface area contributed by atoms with Gasteiger partial charge in [-0.3, -0.25) is 9.99 Å². The predicted molar refractivity (Wildman–Crippen MR) is 106 cm³/mol. The van der Waals surface area contributed by atoms with Crippen molar-refractivity contribution in [1.82, 2.24) is 9.99 Å². The van der Waals surface area contributed by atoms with Gasteiger partial charge >= 0.3 is 0 Å². The zero-order chi connectivity index (χ0) is 22.1. The van der Waals surface area contributed by atoms with E-state index in [0.717, 1.165) is 29.5 Å². The molecule has 0 radical (unpaired) electrons. The molecule has 162 valence electrons. The molecule has 1 aromatic carbocycles. The minimum absolute atomic E-state index is 0.384. The molecule has 1 atom stereocenters. The normalized spacial score (nSPS) is 13.3. The zero-order valence-corrected chi connectivity index (χ0v) is 16.3. The van der Waals surface area contributed by atoms with E-state index in [1.165, 1.54) is 12.3 Å². The number of pyridine rings is 1. The first-order chi connectivity index (χ1) is 14.3. The topological polar surface area (TPSA) is 89.8 Å². The van der Waals surface area contributed by atoms with Crippen LogP contribution in [0.5, 0.6) is 0 Å². The molecule has 4 N–H and O–H groups in total. The van der Waals surface area contributed by atoms with Crippen LogP contribution in [0, 0.1) is 11.6 Å². The Bertz CT molecular complexity index is 874. The fourth-order valence-corrected chi connectivity index (χ4v) is 2.79. The number of hydrazone groups is 1. The number of nitrogens with two attached hydrogens (primary N) is 2. The second-order valence-electron chi connectivity index (χ2n) is 6.34. The van der Waals surface area contributed by atoms with Gasteiger partial charge < -0.3 is 10.6 Å². The molecule has 2 rings (SSSR count). The zero-order valence-electron chi connectivity index (χ0n) is 16.3. The van der Waals surface area contributed by atoms with Crippen molar-refractivity contribution < 1.29 is 22.3 Å². The van der Waals surface area contributed by atoms with Crippen molar-refractivity contribution in [3.8, 4) is 0 Å². The largest absolute Gasteiger partial charge is 0.378 e. The van der Waals surface area contributed by atoms with Gasteiger partial charge in [0.2, 0.25) is 0 Å². The predicted octanol–water partition coefficient (Wildman–Crippen LogP) is 3.36. The quantitative estimate of drug-likeness (QED) is 0.152. The summed E-state index contributed by atoms with van der Waals surface area (Å²) >= 11 is 0. The minimum atomic E-state index is -3.63. The Labute approximate surface area is 171 Å². The monoisotopic (exact) mass is 425 g/mol. The van der Waals surface area contributed by atoms with E-state index < -0.39 is 41.3 Å². The van der Waals surface area contributed by atoms with Crippen molar-refractivity contribution in [2.45, 2.75) is 18.8 Å². The van der Waals surface area contributed by atoms with Gasteiger partial charge in [0.1, 0.15) is 23.7 Å². The maximum absolute atomic E-state index is 15.4. The highest BCUT2D eigenvalue weighted by Gasteiger charge is 2.45. The van der Waals surface area contributed by atoms with E-state index in [9.17, 15) is 8.78 Å². The van der Waals surface area contributed by atoms with Crippen LogP contribution >= 0.6 is 0 Å². The smallest absolute Gasteiger partial charge is 0.298 e. The van der Waals surface area contributed by atoms with E-state index in [0.29, 0.717) is 24.8 Å². The van der Waals surface area contributed by atoms with Crippen molar-refractivity contribution in [2.75, 3.05) is 19.8 Å². The van der Waals surface area contributed by atoms with E-state index in [2.05, 4.69) is 10.1 Å². The van der Waals surface area contributed by atoms with E-state index >= 15 is 8.78 Å². The van der Waals surface area contributed by atoms with Gasteiger partial charge in [-0.25, -0.2) is 14.6 Å². The molecule has 0 spiro atoms. The number of aromatic nitrogens is 1. The third kappa shape index (κ3) is 6.01. The standard InChI is InChI=1S/C20H23F4N5O/c1-2-30-9-3-4-14-5-8-19(27-11-14)20(23,24)17(12-29(26)13-28-25)16-7-6-15(21)10-18(16)22/h3-8,10-11,13,17H,2,9,12,25-26H2,1H3/b4-3-,28-13-. The Morgan fingerprint density at radius 2 is 2.03 bits per heavy atom. The number of alkyl halides is 2. The molecule has 0 aliphatic heterocycles. The summed E-state index contributed by atoms with van der Waals surface area (Å²) in [6, 6.07) is 5.00. The number of hydrogen-bond donors (Lipinski definition) is 2. The summed E-state index contributed by atoms with van der Waals surface area (Å²) in [5, 5.41) is 3.97.